The van der Waals surface area contributed by atoms with Gasteiger partial charge in [0, 0.05) is 16.3 Å². The number of carbonyl (C=O) groups is 1. The zero-order chi connectivity index (χ0) is 14.8. The zero-order valence-corrected chi connectivity index (χ0v) is 13.1. The fraction of sp³-hybridized carbons (Fsp3) is 0.133. The van der Waals surface area contributed by atoms with Crippen molar-refractivity contribution >= 4 is 28.6 Å². The minimum Gasteiger partial charge on any atom is -0.465 e. The van der Waals surface area contributed by atoms with Crippen LogP contribution in [0.5, 0.6) is 0 Å². The summed E-state index contributed by atoms with van der Waals surface area (Å²) < 4.78 is 4.74. The van der Waals surface area contributed by atoms with E-state index in [1.807, 2.05) is 29.8 Å². The molecule has 0 fully saturated rings. The average Bonchev–Trinajstić information content (AvgIpc) is 3.15. The molecule has 0 bridgehead atoms. The summed E-state index contributed by atoms with van der Waals surface area (Å²) in [6.07, 6.45) is 0. The molecule has 106 valence electrons. The van der Waals surface area contributed by atoms with Gasteiger partial charge in [-0.15, -0.1) is 22.7 Å². The van der Waals surface area contributed by atoms with Crippen molar-refractivity contribution < 1.29 is 9.53 Å². The lowest BCUT2D eigenvalue weighted by atomic mass is 10.1. The standard InChI is InChI=1S/C15H12N2O2S2/c1-9-16-12(7-20-9)13-8-21-14(17-13)10-4-3-5-11(6-10)15(18)19-2/h3-8H,1-2H3. The summed E-state index contributed by atoms with van der Waals surface area (Å²) in [4.78, 5) is 20.6. The smallest absolute Gasteiger partial charge is 0.337 e. The van der Waals surface area contributed by atoms with Gasteiger partial charge in [-0.3, -0.25) is 0 Å². The lowest BCUT2D eigenvalue weighted by Gasteiger charge is -2.01. The second kappa shape index (κ2) is 5.75. The summed E-state index contributed by atoms with van der Waals surface area (Å²) in [5.74, 6) is -0.344. The summed E-state index contributed by atoms with van der Waals surface area (Å²) in [5, 5.41) is 5.86. The minimum absolute atomic E-state index is 0.344. The highest BCUT2D eigenvalue weighted by molar-refractivity contribution is 7.13. The van der Waals surface area contributed by atoms with Crippen molar-refractivity contribution in [3.63, 3.8) is 0 Å². The van der Waals surface area contributed by atoms with E-state index < -0.39 is 0 Å². The molecule has 0 radical (unpaired) electrons. The third-order valence-electron chi connectivity index (χ3n) is 2.92. The Morgan fingerprint density at radius 3 is 2.62 bits per heavy atom. The Labute approximate surface area is 130 Å². The van der Waals surface area contributed by atoms with Gasteiger partial charge in [-0.05, 0) is 19.1 Å². The number of rotatable bonds is 3. The maximum atomic E-state index is 11.6. The number of hydrogen-bond donors (Lipinski definition) is 0. The normalized spacial score (nSPS) is 10.6. The predicted octanol–water partition coefficient (Wildman–Crippen LogP) is 4.03. The fourth-order valence-corrected chi connectivity index (χ4v) is 3.32. The van der Waals surface area contributed by atoms with E-state index in [-0.39, 0.29) is 5.97 Å². The van der Waals surface area contributed by atoms with Gasteiger partial charge in [0.1, 0.15) is 16.4 Å². The van der Waals surface area contributed by atoms with Gasteiger partial charge in [0.2, 0.25) is 0 Å². The minimum atomic E-state index is -0.344. The van der Waals surface area contributed by atoms with Gasteiger partial charge in [-0.25, -0.2) is 14.8 Å². The largest absolute Gasteiger partial charge is 0.465 e. The molecule has 0 aliphatic carbocycles. The highest BCUT2D eigenvalue weighted by Crippen LogP contribution is 2.29. The lowest BCUT2D eigenvalue weighted by Crippen LogP contribution is -2.00. The Morgan fingerprint density at radius 2 is 1.90 bits per heavy atom. The van der Waals surface area contributed by atoms with Crippen molar-refractivity contribution in [2.24, 2.45) is 0 Å². The Hall–Kier alpha value is -2.05. The summed E-state index contributed by atoms with van der Waals surface area (Å²) >= 11 is 3.14. The van der Waals surface area contributed by atoms with E-state index in [9.17, 15) is 4.79 Å². The van der Waals surface area contributed by atoms with Gasteiger partial charge < -0.3 is 4.74 Å². The maximum absolute atomic E-state index is 11.6. The molecule has 4 nitrogen and oxygen atoms in total. The molecule has 21 heavy (non-hydrogen) atoms. The molecule has 1 aromatic carbocycles. The number of esters is 1. The number of ether oxygens (including phenoxy) is 1. The number of carbonyl (C=O) groups excluding carboxylic acids is 1. The first-order valence-corrected chi connectivity index (χ1v) is 8.00. The molecule has 0 aliphatic heterocycles. The second-order valence-corrected chi connectivity index (χ2v) is 6.28. The van der Waals surface area contributed by atoms with Crippen LogP contribution in [0, 0.1) is 6.92 Å². The quantitative estimate of drug-likeness (QED) is 0.685. The van der Waals surface area contributed by atoms with E-state index in [1.165, 1.54) is 18.4 Å². The van der Waals surface area contributed by atoms with Crippen LogP contribution in [-0.4, -0.2) is 23.0 Å². The van der Waals surface area contributed by atoms with Crippen molar-refractivity contribution in [2.75, 3.05) is 7.11 Å². The lowest BCUT2D eigenvalue weighted by molar-refractivity contribution is 0.0601. The number of aromatic nitrogens is 2. The molecule has 0 aliphatic rings. The van der Waals surface area contributed by atoms with Crippen molar-refractivity contribution in [1.82, 2.24) is 9.97 Å². The highest BCUT2D eigenvalue weighted by Gasteiger charge is 2.11. The zero-order valence-electron chi connectivity index (χ0n) is 11.5. The van der Waals surface area contributed by atoms with Gasteiger partial charge in [0.05, 0.1) is 17.7 Å². The number of thiazole rings is 2. The van der Waals surface area contributed by atoms with Gasteiger partial charge in [0.25, 0.3) is 0 Å². The fourth-order valence-electron chi connectivity index (χ4n) is 1.90. The maximum Gasteiger partial charge on any atom is 0.337 e. The molecule has 3 rings (SSSR count). The molecule has 3 aromatic rings. The number of aryl methyl sites for hydroxylation is 1. The molecule has 0 unspecified atom stereocenters. The van der Waals surface area contributed by atoms with Crippen LogP contribution in [-0.2, 0) is 4.74 Å². The first-order chi connectivity index (χ1) is 10.2. The van der Waals surface area contributed by atoms with E-state index in [2.05, 4.69) is 9.97 Å². The summed E-state index contributed by atoms with van der Waals surface area (Å²) in [5.41, 5.74) is 3.18. The third kappa shape index (κ3) is 2.86. The van der Waals surface area contributed by atoms with Crippen LogP contribution in [0.2, 0.25) is 0 Å². The van der Waals surface area contributed by atoms with Crippen LogP contribution in [0.25, 0.3) is 22.0 Å². The summed E-state index contributed by atoms with van der Waals surface area (Å²) in [6, 6.07) is 7.28. The average molecular weight is 316 g/mol. The molecule has 6 heteroatoms. The Bertz CT molecular complexity index is 792. The van der Waals surface area contributed by atoms with Gasteiger partial charge in [0.15, 0.2) is 0 Å². The molecule has 0 atom stereocenters. The Balaban J connectivity index is 1.95. The van der Waals surface area contributed by atoms with Gasteiger partial charge in [-0.1, -0.05) is 12.1 Å². The van der Waals surface area contributed by atoms with Crippen LogP contribution < -0.4 is 0 Å². The monoisotopic (exact) mass is 316 g/mol. The van der Waals surface area contributed by atoms with Crippen molar-refractivity contribution in [1.29, 1.82) is 0 Å². The third-order valence-corrected chi connectivity index (χ3v) is 4.58. The summed E-state index contributed by atoms with van der Waals surface area (Å²) in [7, 11) is 1.38. The van der Waals surface area contributed by atoms with Gasteiger partial charge >= 0.3 is 5.97 Å². The van der Waals surface area contributed by atoms with E-state index in [0.29, 0.717) is 5.56 Å². The van der Waals surface area contributed by atoms with Crippen LogP contribution in [0.4, 0.5) is 0 Å². The molecule has 0 spiro atoms. The van der Waals surface area contributed by atoms with E-state index in [4.69, 9.17) is 4.74 Å². The first-order valence-electron chi connectivity index (χ1n) is 6.24. The molecule has 2 heterocycles. The van der Waals surface area contributed by atoms with E-state index in [0.717, 1.165) is 27.0 Å². The predicted molar refractivity (Wildman–Crippen MR) is 84.7 cm³/mol. The number of methoxy groups -OCH3 is 1. The molecule has 0 saturated carbocycles. The van der Waals surface area contributed by atoms with Crippen LogP contribution in [0.1, 0.15) is 15.4 Å². The SMILES string of the molecule is COC(=O)c1cccc(-c2nc(-c3csc(C)n3)cs2)c1. The Kier molecular flexibility index (Phi) is 3.81. The first kappa shape index (κ1) is 13.9. The molecule has 0 amide bonds. The second-order valence-electron chi connectivity index (χ2n) is 4.36. The number of nitrogens with zero attached hydrogens (tertiary/aromatic N) is 2. The van der Waals surface area contributed by atoms with Crippen molar-refractivity contribution in [2.45, 2.75) is 6.92 Å². The molecule has 0 saturated heterocycles. The molecular formula is C15H12N2O2S2. The number of benzene rings is 1. The van der Waals surface area contributed by atoms with E-state index in [1.54, 1.807) is 23.5 Å². The molecular weight excluding hydrogens is 304 g/mol. The van der Waals surface area contributed by atoms with Crippen molar-refractivity contribution in [3.8, 4) is 22.0 Å². The summed E-state index contributed by atoms with van der Waals surface area (Å²) in [6.45, 7) is 1.97. The van der Waals surface area contributed by atoms with E-state index >= 15 is 0 Å². The molecule has 2 aromatic heterocycles. The van der Waals surface area contributed by atoms with Crippen LogP contribution >= 0.6 is 22.7 Å². The highest BCUT2D eigenvalue weighted by atomic mass is 32.1. The van der Waals surface area contributed by atoms with Crippen LogP contribution in [0.15, 0.2) is 35.0 Å². The topological polar surface area (TPSA) is 52.1 Å². The van der Waals surface area contributed by atoms with Crippen molar-refractivity contribution in [3.05, 3.63) is 45.6 Å². The Morgan fingerprint density at radius 1 is 1.14 bits per heavy atom. The molecule has 0 N–H and O–H groups in total. The van der Waals surface area contributed by atoms with Crippen LogP contribution in [0.3, 0.4) is 0 Å². The van der Waals surface area contributed by atoms with Gasteiger partial charge in [-0.2, -0.15) is 0 Å². The number of hydrogen-bond acceptors (Lipinski definition) is 6.